The molecule has 0 aliphatic rings. The van der Waals surface area contributed by atoms with E-state index in [0.29, 0.717) is 11.1 Å². The van der Waals surface area contributed by atoms with Crippen molar-refractivity contribution in [3.05, 3.63) is 83.6 Å². The van der Waals surface area contributed by atoms with Crippen molar-refractivity contribution in [3.63, 3.8) is 0 Å². The lowest BCUT2D eigenvalue weighted by Crippen LogP contribution is -2.32. The fraction of sp³-hybridized carbons (Fsp3) is 0.0952. The van der Waals surface area contributed by atoms with Crippen LogP contribution in [0, 0.1) is 0 Å². The van der Waals surface area contributed by atoms with Crippen LogP contribution in [-0.4, -0.2) is 22.5 Å². The highest BCUT2D eigenvalue weighted by Gasteiger charge is 2.17. The first kappa shape index (κ1) is 19.4. The molecular weight excluding hydrogens is 378 g/mol. The average molecular weight is 396 g/mol. The molecule has 0 bridgehead atoms. The molecule has 7 heteroatoms. The highest BCUT2D eigenvalue weighted by molar-refractivity contribution is 5.93. The number of benzene rings is 2. The summed E-state index contributed by atoms with van der Waals surface area (Å²) in [5.74, 6) is -0.763. The minimum atomic E-state index is -0.553. The molecule has 0 unspecified atom stereocenters. The van der Waals surface area contributed by atoms with Gasteiger partial charge in [0.2, 0.25) is 5.91 Å². The third kappa shape index (κ3) is 3.68. The van der Waals surface area contributed by atoms with Crippen molar-refractivity contribution in [1.82, 2.24) is 9.55 Å². The molecule has 2 aromatic carbocycles. The van der Waals surface area contributed by atoms with Crippen LogP contribution in [0.3, 0.4) is 0 Å². The Morgan fingerprint density at radius 3 is 2.57 bits per heavy atom. The lowest BCUT2D eigenvalue weighted by Gasteiger charge is -2.17. The van der Waals surface area contributed by atoms with Gasteiger partial charge in [0.05, 0.1) is 5.52 Å². The molecular formula is C21H18ClN3O3. The van der Waals surface area contributed by atoms with Crippen molar-refractivity contribution in [3.8, 4) is 11.1 Å². The number of halogens is 1. The van der Waals surface area contributed by atoms with E-state index in [-0.39, 0.29) is 24.9 Å². The van der Waals surface area contributed by atoms with Crippen molar-refractivity contribution in [2.75, 3.05) is 11.9 Å². The zero-order valence-electron chi connectivity index (χ0n) is 15.1. The van der Waals surface area contributed by atoms with E-state index in [9.17, 15) is 9.59 Å². The number of pyridine rings is 1. The van der Waals surface area contributed by atoms with Gasteiger partial charge < -0.3 is 9.32 Å². The molecule has 0 fully saturated rings. The van der Waals surface area contributed by atoms with E-state index < -0.39 is 5.76 Å². The summed E-state index contributed by atoms with van der Waals surface area (Å²) in [6, 6.07) is 18.5. The minimum Gasteiger partial charge on any atom is -0.408 e. The van der Waals surface area contributed by atoms with Gasteiger partial charge >= 0.3 is 5.76 Å². The van der Waals surface area contributed by atoms with E-state index in [0.717, 1.165) is 16.8 Å². The van der Waals surface area contributed by atoms with Gasteiger partial charge in [0.1, 0.15) is 6.54 Å². The van der Waals surface area contributed by atoms with Crippen LogP contribution in [0.25, 0.3) is 22.2 Å². The monoisotopic (exact) mass is 395 g/mol. The Bertz CT molecular complexity index is 1150. The van der Waals surface area contributed by atoms with E-state index in [2.05, 4.69) is 4.98 Å². The largest absolute Gasteiger partial charge is 0.420 e. The molecule has 28 heavy (non-hydrogen) atoms. The van der Waals surface area contributed by atoms with Crippen LogP contribution in [0.15, 0.2) is 82.3 Å². The summed E-state index contributed by atoms with van der Waals surface area (Å²) in [6.07, 6.45) is 3.45. The normalized spacial score (nSPS) is 10.5. The standard InChI is InChI=1S/C21H17N3O3.ClH/c1-23(17-7-3-2-4-8-17)20(25)14-24-18-12-15(16-6-5-11-22-13-16)9-10-19(18)27-21(24)26;/h2-13H,14H2,1H3;1H. The van der Waals surface area contributed by atoms with Gasteiger partial charge in [-0.3, -0.25) is 14.3 Å². The Morgan fingerprint density at radius 2 is 1.86 bits per heavy atom. The van der Waals surface area contributed by atoms with E-state index in [1.54, 1.807) is 25.5 Å². The Kier molecular flexibility index (Phi) is 5.61. The van der Waals surface area contributed by atoms with Gasteiger partial charge in [0.25, 0.3) is 0 Å². The Labute approximate surface area is 167 Å². The van der Waals surface area contributed by atoms with Crippen LogP contribution >= 0.6 is 12.4 Å². The van der Waals surface area contributed by atoms with Crippen molar-refractivity contribution in [1.29, 1.82) is 0 Å². The number of aromatic nitrogens is 2. The first-order chi connectivity index (χ1) is 13.1. The number of nitrogens with zero attached hydrogens (tertiary/aromatic N) is 3. The molecule has 4 aromatic rings. The smallest absolute Gasteiger partial charge is 0.408 e. The Hall–Kier alpha value is -3.38. The maximum Gasteiger partial charge on any atom is 0.420 e. The van der Waals surface area contributed by atoms with Gasteiger partial charge in [-0.1, -0.05) is 30.3 Å². The Balaban J connectivity index is 0.00000225. The zero-order chi connectivity index (χ0) is 18.8. The molecule has 2 aromatic heterocycles. The van der Waals surface area contributed by atoms with E-state index in [1.165, 1.54) is 9.47 Å². The highest BCUT2D eigenvalue weighted by atomic mass is 35.5. The number of para-hydroxylation sites is 1. The fourth-order valence-electron chi connectivity index (χ4n) is 2.96. The summed E-state index contributed by atoms with van der Waals surface area (Å²) in [4.78, 5) is 30.6. The first-order valence-corrected chi connectivity index (χ1v) is 8.49. The SMILES string of the molecule is CN(C(=O)Cn1c(=O)oc2ccc(-c3cccnc3)cc21)c1ccccc1.Cl. The molecule has 0 saturated carbocycles. The second kappa shape index (κ2) is 8.10. The molecule has 142 valence electrons. The molecule has 1 amide bonds. The maximum absolute atomic E-state index is 12.7. The van der Waals surface area contributed by atoms with Crippen molar-refractivity contribution >= 4 is 35.1 Å². The van der Waals surface area contributed by atoms with Gasteiger partial charge in [-0.05, 0) is 35.9 Å². The summed E-state index contributed by atoms with van der Waals surface area (Å²) >= 11 is 0. The molecule has 0 aliphatic heterocycles. The number of hydrogen-bond donors (Lipinski definition) is 0. The number of oxazole rings is 1. The lowest BCUT2D eigenvalue weighted by atomic mass is 10.1. The molecule has 0 spiro atoms. The minimum absolute atomic E-state index is 0. The molecule has 6 nitrogen and oxygen atoms in total. The number of rotatable bonds is 4. The van der Waals surface area contributed by atoms with Crippen LogP contribution in [0.5, 0.6) is 0 Å². The third-order valence-corrected chi connectivity index (χ3v) is 4.47. The Morgan fingerprint density at radius 1 is 1.07 bits per heavy atom. The zero-order valence-corrected chi connectivity index (χ0v) is 15.9. The van der Waals surface area contributed by atoms with Crippen LogP contribution in [-0.2, 0) is 11.3 Å². The van der Waals surface area contributed by atoms with Crippen molar-refractivity contribution < 1.29 is 9.21 Å². The maximum atomic E-state index is 12.7. The average Bonchev–Trinajstić information content (AvgIpc) is 3.03. The summed E-state index contributed by atoms with van der Waals surface area (Å²) < 4.78 is 6.66. The van der Waals surface area contributed by atoms with Crippen molar-refractivity contribution in [2.24, 2.45) is 0 Å². The van der Waals surface area contributed by atoms with Gasteiger partial charge in [0, 0.05) is 30.7 Å². The second-order valence-electron chi connectivity index (χ2n) is 6.17. The molecule has 0 atom stereocenters. The molecule has 4 rings (SSSR count). The number of anilines is 1. The predicted octanol–water partition coefficient (Wildman–Crippen LogP) is 3.74. The lowest BCUT2D eigenvalue weighted by molar-refractivity contribution is -0.118. The summed E-state index contributed by atoms with van der Waals surface area (Å²) in [6.45, 7) is -0.103. The molecule has 0 radical (unpaired) electrons. The number of likely N-dealkylation sites (N-methyl/N-ethyl adjacent to an activating group) is 1. The third-order valence-electron chi connectivity index (χ3n) is 4.47. The van der Waals surface area contributed by atoms with Crippen LogP contribution in [0.2, 0.25) is 0 Å². The number of carbonyl (C=O) groups is 1. The van der Waals surface area contributed by atoms with Gasteiger partial charge in [-0.2, -0.15) is 0 Å². The van der Waals surface area contributed by atoms with E-state index in [1.807, 2.05) is 54.6 Å². The number of amides is 1. The van der Waals surface area contributed by atoms with E-state index in [4.69, 9.17) is 4.42 Å². The topological polar surface area (TPSA) is 68.3 Å². The van der Waals surface area contributed by atoms with E-state index >= 15 is 0 Å². The summed E-state index contributed by atoms with van der Waals surface area (Å²) in [7, 11) is 1.69. The predicted molar refractivity (Wildman–Crippen MR) is 111 cm³/mol. The molecule has 0 saturated heterocycles. The number of hydrogen-bond acceptors (Lipinski definition) is 4. The number of fused-ring (bicyclic) bond motifs is 1. The quantitative estimate of drug-likeness (QED) is 0.528. The van der Waals surface area contributed by atoms with Gasteiger partial charge in [-0.15, -0.1) is 12.4 Å². The van der Waals surface area contributed by atoms with Gasteiger partial charge in [0.15, 0.2) is 5.58 Å². The summed E-state index contributed by atoms with van der Waals surface area (Å²) in [5.41, 5.74) is 3.61. The molecule has 0 aliphatic carbocycles. The van der Waals surface area contributed by atoms with Crippen LogP contribution in [0.1, 0.15) is 0 Å². The highest BCUT2D eigenvalue weighted by Crippen LogP contribution is 2.23. The van der Waals surface area contributed by atoms with Crippen molar-refractivity contribution in [2.45, 2.75) is 6.54 Å². The number of carbonyl (C=O) groups excluding carboxylic acids is 1. The summed E-state index contributed by atoms with van der Waals surface area (Å²) in [5, 5.41) is 0. The fourth-order valence-corrected chi connectivity index (χ4v) is 2.96. The first-order valence-electron chi connectivity index (χ1n) is 8.49. The van der Waals surface area contributed by atoms with Gasteiger partial charge in [-0.25, -0.2) is 4.79 Å². The second-order valence-corrected chi connectivity index (χ2v) is 6.17. The van der Waals surface area contributed by atoms with Crippen LogP contribution < -0.4 is 10.7 Å². The molecule has 0 N–H and O–H groups in total. The van der Waals surface area contributed by atoms with Crippen LogP contribution in [0.4, 0.5) is 5.69 Å². The molecule has 2 heterocycles.